The van der Waals surface area contributed by atoms with Crippen molar-refractivity contribution < 1.29 is 13.2 Å². The van der Waals surface area contributed by atoms with Crippen molar-refractivity contribution in [2.45, 2.75) is 18.6 Å². The van der Waals surface area contributed by atoms with Crippen LogP contribution in [0, 0.1) is 0 Å². The molecule has 0 spiro atoms. The Morgan fingerprint density at radius 3 is 3.05 bits per heavy atom. The minimum Gasteiger partial charge on any atom is -0.337 e. The van der Waals surface area contributed by atoms with E-state index in [0.29, 0.717) is 25.1 Å². The molecule has 1 fully saturated rings. The molecule has 0 aliphatic carbocycles. The number of hydrogen-bond donors (Lipinski definition) is 1. The molecule has 0 radical (unpaired) electrons. The topological polar surface area (TPSA) is 83.8 Å². The second-order valence-electron chi connectivity index (χ2n) is 5.29. The first kappa shape index (κ1) is 15.0. The van der Waals surface area contributed by atoms with Crippen LogP contribution in [0.2, 0.25) is 0 Å². The highest BCUT2D eigenvalue weighted by Crippen LogP contribution is 2.20. The summed E-state index contributed by atoms with van der Waals surface area (Å²) in [6.07, 6.45) is 3.76. The minimum atomic E-state index is -3.35. The predicted molar refractivity (Wildman–Crippen MR) is 82.1 cm³/mol. The minimum absolute atomic E-state index is 0.171. The Morgan fingerprint density at radius 1 is 1.45 bits per heavy atom. The Hall–Kier alpha value is -1.93. The zero-order chi connectivity index (χ0) is 15.7. The van der Waals surface area contributed by atoms with Crippen molar-refractivity contribution in [2.24, 2.45) is 0 Å². The van der Waals surface area contributed by atoms with E-state index < -0.39 is 15.3 Å². The van der Waals surface area contributed by atoms with E-state index in [1.165, 1.54) is 6.20 Å². The van der Waals surface area contributed by atoms with Crippen molar-refractivity contribution >= 4 is 21.4 Å². The number of pyridine rings is 1. The van der Waals surface area contributed by atoms with E-state index in [2.05, 4.69) is 9.82 Å². The fraction of sp³-hybridized carbons (Fsp3) is 0.429. The maximum absolute atomic E-state index is 12.6. The molecular formula is C14H18N4O3S. The highest BCUT2D eigenvalue weighted by atomic mass is 32.2. The summed E-state index contributed by atoms with van der Waals surface area (Å²) in [5, 5.41) is 3.60. The Balaban J connectivity index is 1.80. The van der Waals surface area contributed by atoms with Gasteiger partial charge in [0.05, 0.1) is 22.5 Å². The van der Waals surface area contributed by atoms with Crippen LogP contribution in [0.25, 0.3) is 5.52 Å². The summed E-state index contributed by atoms with van der Waals surface area (Å²) < 4.78 is 28.2. The van der Waals surface area contributed by atoms with Crippen LogP contribution in [-0.4, -0.2) is 53.7 Å². The molecule has 2 aromatic heterocycles. The third-order valence-corrected chi connectivity index (χ3v) is 5.83. The van der Waals surface area contributed by atoms with Gasteiger partial charge >= 0.3 is 0 Å². The molecule has 1 saturated heterocycles. The van der Waals surface area contributed by atoms with Gasteiger partial charge in [-0.05, 0) is 18.6 Å². The molecule has 1 atom stereocenters. The molecule has 3 heterocycles. The number of fused-ring (bicyclic) bond motifs is 1. The molecule has 22 heavy (non-hydrogen) atoms. The van der Waals surface area contributed by atoms with Crippen LogP contribution in [-0.2, 0) is 10.0 Å². The molecule has 118 valence electrons. The van der Waals surface area contributed by atoms with Crippen molar-refractivity contribution in [1.82, 2.24) is 19.2 Å². The van der Waals surface area contributed by atoms with Gasteiger partial charge in [0.1, 0.15) is 0 Å². The molecule has 1 amide bonds. The number of aromatic nitrogens is 2. The van der Waals surface area contributed by atoms with Crippen LogP contribution in [0.1, 0.15) is 23.7 Å². The van der Waals surface area contributed by atoms with E-state index in [-0.39, 0.29) is 12.5 Å². The molecule has 2 aromatic rings. The Bertz CT molecular complexity index is 799. The molecule has 1 unspecified atom stereocenters. The Labute approximate surface area is 129 Å². The second-order valence-corrected chi connectivity index (χ2v) is 7.34. The molecule has 8 heteroatoms. The lowest BCUT2D eigenvalue weighted by Crippen LogP contribution is -2.37. The van der Waals surface area contributed by atoms with Gasteiger partial charge < -0.3 is 4.90 Å². The zero-order valence-corrected chi connectivity index (χ0v) is 13.1. The van der Waals surface area contributed by atoms with E-state index >= 15 is 0 Å². The van der Waals surface area contributed by atoms with Crippen molar-refractivity contribution in [2.75, 3.05) is 19.6 Å². The number of nitrogens with one attached hydrogen (secondary N) is 1. The standard InChI is InChI=1S/C14H18N4O3S/c1-2-16-22(20,21)11-6-8-17(10-11)14(19)12-9-15-18-7-4-3-5-13(12)18/h3-5,7,9,11,16H,2,6,8,10H2,1H3. The van der Waals surface area contributed by atoms with Crippen LogP contribution in [0.5, 0.6) is 0 Å². The van der Waals surface area contributed by atoms with Gasteiger partial charge in [-0.2, -0.15) is 5.10 Å². The average Bonchev–Trinajstić information content (AvgIpc) is 3.14. The molecule has 1 aliphatic heterocycles. The SMILES string of the molecule is CCNS(=O)(=O)C1CCN(C(=O)c2cnn3ccccc23)C1. The summed E-state index contributed by atoms with van der Waals surface area (Å²) in [6.45, 7) is 2.77. The van der Waals surface area contributed by atoms with Crippen LogP contribution >= 0.6 is 0 Å². The first-order valence-electron chi connectivity index (χ1n) is 7.23. The monoisotopic (exact) mass is 322 g/mol. The zero-order valence-electron chi connectivity index (χ0n) is 12.3. The number of sulfonamides is 1. The summed E-state index contributed by atoms with van der Waals surface area (Å²) in [5.41, 5.74) is 1.23. The van der Waals surface area contributed by atoms with Crippen LogP contribution < -0.4 is 4.72 Å². The highest BCUT2D eigenvalue weighted by molar-refractivity contribution is 7.90. The van der Waals surface area contributed by atoms with Gasteiger partial charge in [0.15, 0.2) is 0 Å². The largest absolute Gasteiger partial charge is 0.337 e. The quantitative estimate of drug-likeness (QED) is 0.888. The van der Waals surface area contributed by atoms with Gasteiger partial charge in [-0.1, -0.05) is 13.0 Å². The molecule has 0 bridgehead atoms. The summed E-state index contributed by atoms with van der Waals surface area (Å²) in [6, 6.07) is 5.50. The number of likely N-dealkylation sites (tertiary alicyclic amines) is 1. The molecular weight excluding hydrogens is 304 g/mol. The molecule has 3 rings (SSSR count). The van der Waals surface area contributed by atoms with Gasteiger partial charge in [0.2, 0.25) is 10.0 Å². The van der Waals surface area contributed by atoms with Gasteiger partial charge in [-0.15, -0.1) is 0 Å². The van der Waals surface area contributed by atoms with Crippen molar-refractivity contribution in [1.29, 1.82) is 0 Å². The smallest absolute Gasteiger partial charge is 0.257 e. The Kier molecular flexibility index (Phi) is 3.88. The van der Waals surface area contributed by atoms with Gasteiger partial charge in [-0.3, -0.25) is 4.79 Å². The average molecular weight is 322 g/mol. The number of carbonyl (C=O) groups excluding carboxylic acids is 1. The van der Waals surface area contributed by atoms with Crippen LogP contribution in [0.15, 0.2) is 30.6 Å². The highest BCUT2D eigenvalue weighted by Gasteiger charge is 2.35. The summed E-state index contributed by atoms with van der Waals surface area (Å²) in [7, 11) is -3.35. The second kappa shape index (κ2) is 5.69. The molecule has 0 saturated carbocycles. The van der Waals surface area contributed by atoms with E-state index in [1.54, 1.807) is 22.5 Å². The number of rotatable bonds is 4. The molecule has 1 aliphatic rings. The number of amides is 1. The van der Waals surface area contributed by atoms with Crippen LogP contribution in [0.4, 0.5) is 0 Å². The van der Waals surface area contributed by atoms with E-state index in [4.69, 9.17) is 0 Å². The fourth-order valence-corrected chi connectivity index (χ4v) is 4.18. The molecule has 7 nitrogen and oxygen atoms in total. The summed E-state index contributed by atoms with van der Waals surface area (Å²) in [5.74, 6) is -0.171. The molecule has 1 N–H and O–H groups in total. The fourth-order valence-electron chi connectivity index (χ4n) is 2.75. The maximum Gasteiger partial charge on any atom is 0.257 e. The lowest BCUT2D eigenvalue weighted by Gasteiger charge is -2.16. The summed E-state index contributed by atoms with van der Waals surface area (Å²) in [4.78, 5) is 14.2. The first-order chi connectivity index (χ1) is 10.5. The van der Waals surface area contributed by atoms with E-state index in [1.807, 2.05) is 18.2 Å². The third kappa shape index (κ3) is 2.59. The number of hydrogen-bond acceptors (Lipinski definition) is 4. The first-order valence-corrected chi connectivity index (χ1v) is 8.77. The molecule has 0 aromatic carbocycles. The van der Waals surface area contributed by atoms with Gasteiger partial charge in [0, 0.05) is 25.8 Å². The third-order valence-electron chi connectivity index (χ3n) is 3.87. The van der Waals surface area contributed by atoms with Gasteiger partial charge in [-0.25, -0.2) is 17.7 Å². The maximum atomic E-state index is 12.6. The predicted octanol–water partition coefficient (Wildman–Crippen LogP) is 0.488. The Morgan fingerprint density at radius 2 is 2.27 bits per heavy atom. The summed E-state index contributed by atoms with van der Waals surface area (Å²) >= 11 is 0. The van der Waals surface area contributed by atoms with Crippen molar-refractivity contribution in [3.8, 4) is 0 Å². The van der Waals surface area contributed by atoms with Crippen LogP contribution in [0.3, 0.4) is 0 Å². The number of nitrogens with zero attached hydrogens (tertiary/aromatic N) is 3. The van der Waals surface area contributed by atoms with E-state index in [9.17, 15) is 13.2 Å². The normalized spacial score (nSPS) is 19.0. The number of carbonyl (C=O) groups is 1. The van der Waals surface area contributed by atoms with Crippen molar-refractivity contribution in [3.05, 3.63) is 36.2 Å². The van der Waals surface area contributed by atoms with Crippen molar-refractivity contribution in [3.63, 3.8) is 0 Å². The van der Waals surface area contributed by atoms with Gasteiger partial charge in [0.25, 0.3) is 5.91 Å². The van der Waals surface area contributed by atoms with E-state index in [0.717, 1.165) is 5.52 Å². The lowest BCUT2D eigenvalue weighted by molar-refractivity contribution is 0.0795. The lowest BCUT2D eigenvalue weighted by atomic mass is 10.2.